The van der Waals surface area contributed by atoms with Crippen LogP contribution in [0.4, 0.5) is 5.69 Å². The van der Waals surface area contributed by atoms with Crippen molar-refractivity contribution < 1.29 is 9.00 Å². The van der Waals surface area contributed by atoms with Gasteiger partial charge in [0.05, 0.1) is 0 Å². The molecule has 6 heteroatoms. The van der Waals surface area contributed by atoms with E-state index in [9.17, 15) is 9.00 Å². The molecule has 1 fully saturated rings. The van der Waals surface area contributed by atoms with Crippen LogP contribution in [-0.2, 0) is 21.3 Å². The topological polar surface area (TPSA) is 58.2 Å². The first kappa shape index (κ1) is 17.4. The molecule has 0 spiro atoms. The minimum absolute atomic E-state index is 0.0319. The molecule has 4 nitrogen and oxygen atoms in total. The molecule has 0 radical (unpaired) electrons. The second-order valence-electron chi connectivity index (χ2n) is 5.80. The van der Waals surface area contributed by atoms with Crippen LogP contribution in [0.2, 0.25) is 5.02 Å². The number of nitrogens with one attached hydrogen (secondary N) is 2. The molecule has 1 atom stereocenters. The predicted molar refractivity (Wildman–Crippen MR) is 92.7 cm³/mol. The van der Waals surface area contributed by atoms with Crippen LogP contribution in [-0.4, -0.2) is 29.5 Å². The Labute approximate surface area is 139 Å². The van der Waals surface area contributed by atoms with Gasteiger partial charge in [0.25, 0.3) is 0 Å². The Morgan fingerprint density at radius 3 is 2.82 bits per heavy atom. The van der Waals surface area contributed by atoms with Crippen molar-refractivity contribution >= 4 is 34.0 Å². The van der Waals surface area contributed by atoms with E-state index >= 15 is 0 Å². The van der Waals surface area contributed by atoms with Crippen LogP contribution in [0, 0.1) is 5.92 Å². The fraction of sp³-hybridized carbons (Fsp3) is 0.562. The summed E-state index contributed by atoms with van der Waals surface area (Å²) in [5.74, 6) is 1.08. The first-order valence-electron chi connectivity index (χ1n) is 7.63. The monoisotopic (exact) mass is 342 g/mol. The number of benzene rings is 1. The van der Waals surface area contributed by atoms with E-state index in [1.54, 1.807) is 18.4 Å². The van der Waals surface area contributed by atoms with Crippen LogP contribution < -0.4 is 10.6 Å². The molecule has 1 unspecified atom stereocenters. The lowest BCUT2D eigenvalue weighted by atomic mass is 9.93. The van der Waals surface area contributed by atoms with Gasteiger partial charge in [-0.25, -0.2) is 0 Å². The van der Waals surface area contributed by atoms with E-state index < -0.39 is 10.8 Å². The van der Waals surface area contributed by atoms with E-state index in [4.69, 9.17) is 11.6 Å². The second kappa shape index (κ2) is 8.65. The smallest absolute Gasteiger partial charge is 0.224 e. The third-order valence-corrected chi connectivity index (χ3v) is 5.01. The lowest BCUT2D eigenvalue weighted by Crippen LogP contribution is -2.28. The highest BCUT2D eigenvalue weighted by atomic mass is 35.5. The molecule has 1 heterocycles. The number of carbonyl (C=O) groups excluding carboxylic acids is 1. The van der Waals surface area contributed by atoms with E-state index in [0.29, 0.717) is 23.1 Å². The van der Waals surface area contributed by atoms with Gasteiger partial charge in [-0.05, 0) is 62.0 Å². The molecule has 1 aliphatic heterocycles. The summed E-state index contributed by atoms with van der Waals surface area (Å²) < 4.78 is 11.3. The largest absolute Gasteiger partial charge is 0.326 e. The van der Waals surface area contributed by atoms with Crippen molar-refractivity contribution in [3.05, 3.63) is 28.8 Å². The molecule has 2 rings (SSSR count). The van der Waals surface area contributed by atoms with Crippen molar-refractivity contribution in [1.29, 1.82) is 0 Å². The van der Waals surface area contributed by atoms with Gasteiger partial charge in [-0.2, -0.15) is 0 Å². The zero-order chi connectivity index (χ0) is 15.9. The van der Waals surface area contributed by atoms with E-state index in [-0.39, 0.29) is 5.91 Å². The van der Waals surface area contributed by atoms with Crippen LogP contribution in [0.15, 0.2) is 18.2 Å². The van der Waals surface area contributed by atoms with Crippen molar-refractivity contribution in [1.82, 2.24) is 5.32 Å². The zero-order valence-corrected chi connectivity index (χ0v) is 14.4. The SMILES string of the molecule is CS(=O)Cc1cc(NC(=O)CCC2CCNCC2)ccc1Cl. The van der Waals surface area contributed by atoms with Crippen molar-refractivity contribution in [3.8, 4) is 0 Å². The normalized spacial score (nSPS) is 17.2. The van der Waals surface area contributed by atoms with Crippen molar-refractivity contribution in [2.45, 2.75) is 31.4 Å². The molecule has 0 bridgehead atoms. The number of anilines is 1. The molecule has 0 aromatic heterocycles. The van der Waals surface area contributed by atoms with Crippen LogP contribution >= 0.6 is 11.6 Å². The van der Waals surface area contributed by atoms with Gasteiger partial charge in [-0.1, -0.05) is 11.6 Å². The van der Waals surface area contributed by atoms with Crippen molar-refractivity contribution in [2.24, 2.45) is 5.92 Å². The van der Waals surface area contributed by atoms with Crippen LogP contribution in [0.1, 0.15) is 31.2 Å². The number of carbonyl (C=O) groups is 1. The average molecular weight is 343 g/mol. The fourth-order valence-electron chi connectivity index (χ4n) is 2.71. The van der Waals surface area contributed by atoms with Crippen molar-refractivity contribution in [3.63, 3.8) is 0 Å². The molecule has 1 saturated heterocycles. The Morgan fingerprint density at radius 2 is 2.14 bits per heavy atom. The van der Waals surface area contributed by atoms with Crippen LogP contribution in [0.5, 0.6) is 0 Å². The summed E-state index contributed by atoms with van der Waals surface area (Å²) in [5, 5.41) is 6.83. The average Bonchev–Trinajstić information content (AvgIpc) is 2.49. The molecular weight excluding hydrogens is 320 g/mol. The summed E-state index contributed by atoms with van der Waals surface area (Å²) in [6.45, 7) is 2.11. The highest BCUT2D eigenvalue weighted by Gasteiger charge is 2.14. The maximum Gasteiger partial charge on any atom is 0.224 e. The minimum atomic E-state index is -0.958. The quantitative estimate of drug-likeness (QED) is 0.835. The molecule has 0 saturated carbocycles. The fourth-order valence-corrected chi connectivity index (χ4v) is 3.65. The third kappa shape index (κ3) is 5.71. The first-order valence-corrected chi connectivity index (χ1v) is 9.74. The predicted octanol–water partition coefficient (Wildman–Crippen LogP) is 2.94. The lowest BCUT2D eigenvalue weighted by molar-refractivity contribution is -0.116. The minimum Gasteiger partial charge on any atom is -0.326 e. The number of piperidine rings is 1. The van der Waals surface area contributed by atoms with E-state index in [2.05, 4.69) is 10.6 Å². The summed E-state index contributed by atoms with van der Waals surface area (Å²) in [5.41, 5.74) is 1.53. The Hall–Kier alpha value is -0.910. The molecule has 1 amide bonds. The number of halogens is 1. The molecule has 0 aliphatic carbocycles. The maximum atomic E-state index is 12.1. The first-order chi connectivity index (χ1) is 10.5. The molecule has 1 aliphatic rings. The van der Waals surface area contributed by atoms with Gasteiger partial charge in [0.2, 0.25) is 5.91 Å². The Morgan fingerprint density at radius 1 is 1.41 bits per heavy atom. The number of hydrogen-bond donors (Lipinski definition) is 2. The number of amides is 1. The van der Waals surface area contributed by atoms with Crippen LogP contribution in [0.3, 0.4) is 0 Å². The van der Waals surface area contributed by atoms with E-state index in [1.807, 2.05) is 6.07 Å². The van der Waals surface area contributed by atoms with Gasteiger partial charge in [-0.15, -0.1) is 0 Å². The van der Waals surface area contributed by atoms with Gasteiger partial charge in [0.15, 0.2) is 0 Å². The number of hydrogen-bond acceptors (Lipinski definition) is 3. The zero-order valence-electron chi connectivity index (χ0n) is 12.9. The molecular formula is C16H23ClN2O2S. The molecule has 122 valence electrons. The third-order valence-electron chi connectivity index (χ3n) is 3.93. The Bertz CT molecular complexity index is 545. The Balaban J connectivity index is 1.86. The summed E-state index contributed by atoms with van der Waals surface area (Å²) in [7, 11) is -0.958. The van der Waals surface area contributed by atoms with Gasteiger partial charge in [-0.3, -0.25) is 9.00 Å². The lowest BCUT2D eigenvalue weighted by Gasteiger charge is -2.22. The van der Waals surface area contributed by atoms with Gasteiger partial charge >= 0.3 is 0 Å². The highest BCUT2D eigenvalue weighted by molar-refractivity contribution is 7.83. The summed E-state index contributed by atoms with van der Waals surface area (Å²) >= 11 is 6.09. The van der Waals surface area contributed by atoms with Crippen molar-refractivity contribution in [2.75, 3.05) is 24.7 Å². The second-order valence-corrected chi connectivity index (χ2v) is 7.65. The van der Waals surface area contributed by atoms with Gasteiger partial charge in [0, 0.05) is 39.9 Å². The Kier molecular flexibility index (Phi) is 6.86. The van der Waals surface area contributed by atoms with Gasteiger partial charge in [0.1, 0.15) is 0 Å². The van der Waals surface area contributed by atoms with Gasteiger partial charge < -0.3 is 10.6 Å². The van der Waals surface area contributed by atoms with E-state index in [0.717, 1.165) is 43.6 Å². The summed E-state index contributed by atoms with van der Waals surface area (Å²) in [4.78, 5) is 12.1. The maximum absolute atomic E-state index is 12.1. The van der Waals surface area contributed by atoms with E-state index in [1.165, 1.54) is 0 Å². The van der Waals surface area contributed by atoms with Crippen LogP contribution in [0.25, 0.3) is 0 Å². The highest BCUT2D eigenvalue weighted by Crippen LogP contribution is 2.23. The summed E-state index contributed by atoms with van der Waals surface area (Å²) in [6.07, 6.45) is 5.43. The molecule has 22 heavy (non-hydrogen) atoms. The standard InChI is InChI=1S/C16H23ClN2O2S/c1-22(21)11-13-10-14(3-4-15(13)17)19-16(20)5-2-12-6-8-18-9-7-12/h3-4,10,12,18H,2,5-9,11H2,1H3,(H,19,20). The number of rotatable bonds is 6. The molecule has 1 aromatic carbocycles. The molecule has 2 N–H and O–H groups in total. The summed E-state index contributed by atoms with van der Waals surface area (Å²) in [6, 6.07) is 5.34. The molecule has 1 aromatic rings.